The van der Waals surface area contributed by atoms with E-state index in [1.807, 2.05) is 12.1 Å². The lowest BCUT2D eigenvalue weighted by atomic mass is 9.86. The van der Waals surface area contributed by atoms with Crippen molar-refractivity contribution in [2.24, 2.45) is 5.92 Å². The maximum Gasteiger partial charge on any atom is 0.307 e. The van der Waals surface area contributed by atoms with E-state index in [4.69, 9.17) is 4.74 Å². The van der Waals surface area contributed by atoms with E-state index in [1.165, 1.54) is 12.7 Å². The third-order valence-corrected chi connectivity index (χ3v) is 5.09. The van der Waals surface area contributed by atoms with Gasteiger partial charge in [-0.1, -0.05) is 45.0 Å². The van der Waals surface area contributed by atoms with Gasteiger partial charge in [0.05, 0.1) is 19.6 Å². The Hall–Kier alpha value is -1.59. The van der Waals surface area contributed by atoms with E-state index >= 15 is 0 Å². The summed E-state index contributed by atoms with van der Waals surface area (Å²) in [6.45, 7) is 9.42. The lowest BCUT2D eigenvalue weighted by Gasteiger charge is -2.29. The molecule has 1 fully saturated rings. The van der Waals surface area contributed by atoms with Crippen LogP contribution >= 0.6 is 12.4 Å². The standard InChI is InChI=1S/C21H32N2O3.ClH/c1-14-12-16(10-11-22-14)20(25)23-18(13-19(24)26-5)15-6-8-17(9-7-15)21(2,3)4;/h6-9,14,16,18,22H,10-13H2,1-5H3,(H,23,25);1H/t14-,16-,18?;/m0./s1. The largest absolute Gasteiger partial charge is 0.469 e. The van der Waals surface area contributed by atoms with Crippen molar-refractivity contribution in [3.8, 4) is 0 Å². The fraction of sp³-hybridized carbons (Fsp3) is 0.619. The topological polar surface area (TPSA) is 67.4 Å². The van der Waals surface area contributed by atoms with Crippen LogP contribution in [0.1, 0.15) is 64.1 Å². The molecule has 0 aromatic heterocycles. The molecule has 1 aromatic rings. The second-order valence-corrected chi connectivity index (χ2v) is 8.29. The minimum absolute atomic E-state index is 0. The van der Waals surface area contributed by atoms with Gasteiger partial charge in [-0.15, -0.1) is 12.4 Å². The number of methoxy groups -OCH3 is 1. The van der Waals surface area contributed by atoms with Gasteiger partial charge >= 0.3 is 5.97 Å². The van der Waals surface area contributed by atoms with Crippen LogP contribution in [-0.2, 0) is 19.7 Å². The summed E-state index contributed by atoms with van der Waals surface area (Å²) in [6.07, 6.45) is 1.78. The maximum absolute atomic E-state index is 12.7. The highest BCUT2D eigenvalue weighted by molar-refractivity contribution is 5.85. The number of piperidine rings is 1. The number of esters is 1. The van der Waals surface area contributed by atoms with Gasteiger partial charge in [0, 0.05) is 12.0 Å². The molecule has 1 saturated heterocycles. The minimum atomic E-state index is -0.367. The molecule has 1 heterocycles. The van der Waals surface area contributed by atoms with Crippen molar-refractivity contribution in [2.75, 3.05) is 13.7 Å². The predicted molar refractivity (Wildman–Crippen MR) is 110 cm³/mol. The van der Waals surface area contributed by atoms with Gasteiger partial charge in [-0.2, -0.15) is 0 Å². The van der Waals surface area contributed by atoms with Gasteiger partial charge in [0.25, 0.3) is 0 Å². The van der Waals surface area contributed by atoms with Crippen LogP contribution in [0.25, 0.3) is 0 Å². The van der Waals surface area contributed by atoms with Gasteiger partial charge < -0.3 is 15.4 Å². The Morgan fingerprint density at radius 1 is 1.26 bits per heavy atom. The molecule has 1 amide bonds. The number of benzene rings is 1. The SMILES string of the molecule is COC(=O)CC(NC(=O)[C@H]1CCN[C@@H](C)C1)c1ccc(C(C)(C)C)cc1.Cl. The molecule has 1 aliphatic rings. The molecule has 0 radical (unpaired) electrons. The molecule has 0 spiro atoms. The molecule has 1 aromatic carbocycles. The van der Waals surface area contributed by atoms with Crippen LogP contribution in [0.3, 0.4) is 0 Å². The Balaban J connectivity index is 0.00000364. The van der Waals surface area contributed by atoms with Gasteiger partial charge in [-0.25, -0.2) is 0 Å². The van der Waals surface area contributed by atoms with Gasteiger partial charge in [0.1, 0.15) is 0 Å². The molecule has 5 nitrogen and oxygen atoms in total. The fourth-order valence-electron chi connectivity index (χ4n) is 3.38. The molecular weight excluding hydrogens is 364 g/mol. The molecule has 3 atom stereocenters. The van der Waals surface area contributed by atoms with Crippen LogP contribution in [0.4, 0.5) is 0 Å². The Morgan fingerprint density at radius 3 is 2.41 bits per heavy atom. The van der Waals surface area contributed by atoms with Crippen LogP contribution in [0.2, 0.25) is 0 Å². The lowest BCUT2D eigenvalue weighted by molar-refractivity contribution is -0.141. The molecule has 0 aliphatic carbocycles. The minimum Gasteiger partial charge on any atom is -0.469 e. The van der Waals surface area contributed by atoms with Crippen molar-refractivity contribution in [3.63, 3.8) is 0 Å². The highest BCUT2D eigenvalue weighted by Crippen LogP contribution is 2.26. The first-order chi connectivity index (χ1) is 12.2. The van der Waals surface area contributed by atoms with Gasteiger partial charge in [-0.3, -0.25) is 9.59 Å². The monoisotopic (exact) mass is 396 g/mol. The second-order valence-electron chi connectivity index (χ2n) is 8.29. The number of carbonyl (C=O) groups is 2. The number of hydrogen-bond donors (Lipinski definition) is 2. The third kappa shape index (κ3) is 6.82. The Labute approximate surface area is 169 Å². The normalized spacial score (nSPS) is 20.9. The molecular formula is C21H33ClN2O3. The zero-order chi connectivity index (χ0) is 19.3. The molecule has 27 heavy (non-hydrogen) atoms. The van der Waals surface area contributed by atoms with E-state index in [0.717, 1.165) is 24.9 Å². The van der Waals surface area contributed by atoms with Gasteiger partial charge in [-0.05, 0) is 42.9 Å². The number of rotatable bonds is 5. The molecule has 1 aliphatic heterocycles. The van der Waals surface area contributed by atoms with Crippen LogP contribution in [0.5, 0.6) is 0 Å². The quantitative estimate of drug-likeness (QED) is 0.747. The van der Waals surface area contributed by atoms with Gasteiger partial charge in [0.2, 0.25) is 5.91 Å². The maximum atomic E-state index is 12.7. The summed E-state index contributed by atoms with van der Waals surface area (Å²) in [6, 6.07) is 8.11. The van der Waals surface area contributed by atoms with Crippen molar-refractivity contribution in [1.29, 1.82) is 0 Å². The molecule has 152 valence electrons. The van der Waals surface area contributed by atoms with Crippen molar-refractivity contribution in [3.05, 3.63) is 35.4 Å². The molecule has 1 unspecified atom stereocenters. The summed E-state index contributed by atoms with van der Waals surface area (Å²) in [5.41, 5.74) is 2.21. The highest BCUT2D eigenvalue weighted by atomic mass is 35.5. The Morgan fingerprint density at radius 2 is 1.89 bits per heavy atom. The summed E-state index contributed by atoms with van der Waals surface area (Å²) in [7, 11) is 1.37. The Kier molecular flexibility index (Phi) is 8.76. The average Bonchev–Trinajstić information content (AvgIpc) is 2.60. The van der Waals surface area contributed by atoms with E-state index in [-0.39, 0.29) is 48.1 Å². The summed E-state index contributed by atoms with van der Waals surface area (Å²) >= 11 is 0. The highest BCUT2D eigenvalue weighted by Gasteiger charge is 2.28. The number of amides is 1. The second kappa shape index (κ2) is 10.1. The van der Waals surface area contributed by atoms with E-state index in [1.54, 1.807) is 0 Å². The van der Waals surface area contributed by atoms with E-state index in [0.29, 0.717) is 6.04 Å². The fourth-order valence-corrected chi connectivity index (χ4v) is 3.38. The predicted octanol–water partition coefficient (Wildman–Crippen LogP) is 3.51. The molecule has 0 saturated carbocycles. The molecule has 2 N–H and O–H groups in total. The van der Waals surface area contributed by atoms with Crippen LogP contribution in [0, 0.1) is 5.92 Å². The summed E-state index contributed by atoms with van der Waals surface area (Å²) in [5.74, 6) is -0.318. The van der Waals surface area contributed by atoms with Crippen LogP contribution in [-0.4, -0.2) is 31.6 Å². The van der Waals surface area contributed by atoms with E-state index < -0.39 is 0 Å². The van der Waals surface area contributed by atoms with Crippen LogP contribution < -0.4 is 10.6 Å². The zero-order valence-corrected chi connectivity index (χ0v) is 17.8. The van der Waals surface area contributed by atoms with Crippen molar-refractivity contribution < 1.29 is 14.3 Å². The molecule has 2 rings (SSSR count). The first kappa shape index (κ1) is 23.4. The number of halogens is 1. The van der Waals surface area contributed by atoms with Crippen molar-refractivity contribution in [1.82, 2.24) is 10.6 Å². The summed E-state index contributed by atoms with van der Waals surface area (Å²) in [4.78, 5) is 24.6. The smallest absolute Gasteiger partial charge is 0.307 e. The lowest BCUT2D eigenvalue weighted by Crippen LogP contribution is -2.43. The van der Waals surface area contributed by atoms with E-state index in [2.05, 4.69) is 50.5 Å². The van der Waals surface area contributed by atoms with E-state index in [9.17, 15) is 9.59 Å². The van der Waals surface area contributed by atoms with Crippen molar-refractivity contribution in [2.45, 2.75) is 64.5 Å². The van der Waals surface area contributed by atoms with Crippen molar-refractivity contribution >= 4 is 24.3 Å². The third-order valence-electron chi connectivity index (χ3n) is 5.09. The number of carbonyl (C=O) groups excluding carboxylic acids is 2. The first-order valence-corrected chi connectivity index (χ1v) is 9.41. The first-order valence-electron chi connectivity index (χ1n) is 9.41. The summed E-state index contributed by atoms with van der Waals surface area (Å²) in [5, 5.41) is 6.44. The number of ether oxygens (including phenoxy) is 1. The number of hydrogen-bond acceptors (Lipinski definition) is 4. The zero-order valence-electron chi connectivity index (χ0n) is 17.0. The Bertz CT molecular complexity index is 625. The van der Waals surface area contributed by atoms with Crippen LogP contribution in [0.15, 0.2) is 24.3 Å². The number of nitrogens with one attached hydrogen (secondary N) is 2. The van der Waals surface area contributed by atoms with Gasteiger partial charge in [0.15, 0.2) is 0 Å². The average molecular weight is 397 g/mol. The molecule has 6 heteroatoms. The molecule has 0 bridgehead atoms. The summed E-state index contributed by atoms with van der Waals surface area (Å²) < 4.78 is 4.82.